The van der Waals surface area contributed by atoms with Crippen molar-refractivity contribution in [2.45, 2.75) is 0 Å². The van der Waals surface area contributed by atoms with Crippen LogP contribution in [0.4, 0.5) is 4.39 Å². The Hall–Kier alpha value is -1.49. The first-order valence-corrected chi connectivity index (χ1v) is 5.61. The van der Waals surface area contributed by atoms with Gasteiger partial charge in [-0.15, -0.1) is 0 Å². The zero-order valence-electron chi connectivity index (χ0n) is 9.25. The highest BCUT2D eigenvalue weighted by Crippen LogP contribution is 2.43. The molecule has 0 aliphatic rings. The van der Waals surface area contributed by atoms with Crippen molar-refractivity contribution >= 4 is 26.7 Å². The number of aromatic hydroxyl groups is 1. The van der Waals surface area contributed by atoms with Gasteiger partial charge in [-0.2, -0.15) is 0 Å². The van der Waals surface area contributed by atoms with Gasteiger partial charge >= 0.3 is 0 Å². The molecule has 2 aromatic carbocycles. The molecule has 5 heteroatoms. The summed E-state index contributed by atoms with van der Waals surface area (Å²) >= 11 is 3.20. The average Bonchev–Trinajstić information content (AvgIpc) is 2.32. The third-order valence-corrected chi connectivity index (χ3v) is 3.16. The molecule has 2 aromatic rings. The van der Waals surface area contributed by atoms with Gasteiger partial charge < -0.3 is 14.6 Å². The van der Waals surface area contributed by atoms with Gasteiger partial charge in [-0.3, -0.25) is 0 Å². The Morgan fingerprint density at radius 2 is 1.94 bits per heavy atom. The number of phenols is 1. The van der Waals surface area contributed by atoms with Crippen LogP contribution in [0, 0.1) is 5.82 Å². The molecule has 0 bridgehead atoms. The molecule has 0 heterocycles. The number of fused-ring (bicyclic) bond motifs is 1. The maximum absolute atomic E-state index is 13.7. The van der Waals surface area contributed by atoms with Gasteiger partial charge in [0.05, 0.1) is 24.1 Å². The van der Waals surface area contributed by atoms with Crippen molar-refractivity contribution in [3.63, 3.8) is 0 Å². The molecule has 0 saturated carbocycles. The number of benzene rings is 2. The van der Waals surface area contributed by atoms with E-state index in [-0.39, 0.29) is 17.2 Å². The summed E-state index contributed by atoms with van der Waals surface area (Å²) in [6, 6.07) is 4.47. The lowest BCUT2D eigenvalue weighted by atomic mass is 10.1. The average molecular weight is 301 g/mol. The third-order valence-electron chi connectivity index (χ3n) is 2.52. The van der Waals surface area contributed by atoms with Crippen molar-refractivity contribution in [2.75, 3.05) is 14.2 Å². The summed E-state index contributed by atoms with van der Waals surface area (Å²) in [5, 5.41) is 10.9. The summed E-state index contributed by atoms with van der Waals surface area (Å²) in [7, 11) is 2.80. The number of methoxy groups -OCH3 is 2. The van der Waals surface area contributed by atoms with Gasteiger partial charge in [-0.1, -0.05) is 0 Å². The molecular weight excluding hydrogens is 291 g/mol. The van der Waals surface area contributed by atoms with Gasteiger partial charge in [0.2, 0.25) is 0 Å². The summed E-state index contributed by atoms with van der Waals surface area (Å²) in [6.45, 7) is 0. The second kappa shape index (κ2) is 4.41. The van der Waals surface area contributed by atoms with Crippen LogP contribution in [0.2, 0.25) is 0 Å². The Balaban J connectivity index is 2.97. The molecular formula is C12H10BrFO3. The fourth-order valence-electron chi connectivity index (χ4n) is 1.75. The van der Waals surface area contributed by atoms with E-state index in [1.165, 1.54) is 20.3 Å². The Kier molecular flexibility index (Phi) is 3.11. The predicted octanol–water partition coefficient (Wildman–Crippen LogP) is 3.46. The van der Waals surface area contributed by atoms with E-state index < -0.39 is 5.82 Å². The van der Waals surface area contributed by atoms with Crippen LogP contribution in [0.5, 0.6) is 17.2 Å². The lowest BCUT2D eigenvalue weighted by molar-refractivity contribution is 0.383. The van der Waals surface area contributed by atoms with Gasteiger partial charge in [0.15, 0.2) is 11.6 Å². The number of hydrogen-bond acceptors (Lipinski definition) is 3. The fraction of sp³-hybridized carbons (Fsp3) is 0.167. The third kappa shape index (κ3) is 1.80. The SMILES string of the molecule is COc1c(F)cc(OC)c2c(O)c(Br)ccc12. The molecule has 1 N–H and O–H groups in total. The van der Waals surface area contributed by atoms with Crippen molar-refractivity contribution in [3.8, 4) is 17.2 Å². The first kappa shape index (κ1) is 12.0. The van der Waals surface area contributed by atoms with Gasteiger partial charge in [-0.25, -0.2) is 4.39 Å². The normalized spacial score (nSPS) is 10.6. The zero-order chi connectivity index (χ0) is 12.6. The van der Waals surface area contributed by atoms with E-state index in [1.807, 2.05) is 0 Å². The number of ether oxygens (including phenoxy) is 2. The largest absolute Gasteiger partial charge is 0.506 e. The van der Waals surface area contributed by atoms with E-state index in [0.29, 0.717) is 15.2 Å². The van der Waals surface area contributed by atoms with Gasteiger partial charge in [0, 0.05) is 11.5 Å². The molecule has 0 spiro atoms. The number of phenolic OH excluding ortho intramolecular Hbond substituents is 1. The molecule has 2 rings (SSSR count). The van der Waals surface area contributed by atoms with Crippen LogP contribution < -0.4 is 9.47 Å². The van der Waals surface area contributed by atoms with E-state index in [1.54, 1.807) is 12.1 Å². The maximum Gasteiger partial charge on any atom is 0.169 e. The smallest absolute Gasteiger partial charge is 0.169 e. The fourth-order valence-corrected chi connectivity index (χ4v) is 2.08. The van der Waals surface area contributed by atoms with E-state index >= 15 is 0 Å². The molecule has 0 amide bonds. The van der Waals surface area contributed by atoms with Crippen LogP contribution in [0.15, 0.2) is 22.7 Å². The molecule has 0 unspecified atom stereocenters. The van der Waals surface area contributed by atoms with Crippen molar-refractivity contribution in [2.24, 2.45) is 0 Å². The number of rotatable bonds is 2. The standard InChI is InChI=1S/C12H10BrFO3/c1-16-9-5-8(14)12(17-2)6-3-4-7(13)11(15)10(6)9/h3-5,15H,1-2H3. The lowest BCUT2D eigenvalue weighted by Gasteiger charge is -2.12. The summed E-state index contributed by atoms with van der Waals surface area (Å²) in [6.07, 6.45) is 0. The van der Waals surface area contributed by atoms with E-state index in [0.717, 1.165) is 0 Å². The zero-order valence-corrected chi connectivity index (χ0v) is 10.8. The molecule has 0 atom stereocenters. The highest BCUT2D eigenvalue weighted by atomic mass is 79.9. The molecule has 0 aliphatic heterocycles. The summed E-state index contributed by atoms with van der Waals surface area (Å²) in [5.74, 6) is -0.183. The van der Waals surface area contributed by atoms with Crippen molar-refractivity contribution in [1.82, 2.24) is 0 Å². The molecule has 3 nitrogen and oxygen atoms in total. The van der Waals surface area contributed by atoms with Crippen LogP contribution >= 0.6 is 15.9 Å². The molecule has 0 fully saturated rings. The quantitative estimate of drug-likeness (QED) is 0.923. The predicted molar refractivity (Wildman–Crippen MR) is 66.4 cm³/mol. The second-order valence-corrected chi connectivity index (χ2v) is 4.27. The number of hydrogen-bond donors (Lipinski definition) is 1. The summed E-state index contributed by atoms with van der Waals surface area (Å²) < 4.78 is 24.3. The van der Waals surface area contributed by atoms with E-state index in [9.17, 15) is 9.50 Å². The minimum atomic E-state index is -0.529. The van der Waals surface area contributed by atoms with Gasteiger partial charge in [0.1, 0.15) is 11.5 Å². The first-order valence-electron chi connectivity index (χ1n) is 4.81. The minimum absolute atomic E-state index is 0.00218. The highest BCUT2D eigenvalue weighted by molar-refractivity contribution is 9.10. The van der Waals surface area contributed by atoms with Crippen LogP contribution in [-0.2, 0) is 0 Å². The summed E-state index contributed by atoms with van der Waals surface area (Å²) in [4.78, 5) is 0. The van der Waals surface area contributed by atoms with E-state index in [4.69, 9.17) is 9.47 Å². The number of halogens is 2. The maximum atomic E-state index is 13.7. The Morgan fingerprint density at radius 3 is 2.53 bits per heavy atom. The lowest BCUT2D eigenvalue weighted by Crippen LogP contribution is -1.94. The van der Waals surface area contributed by atoms with E-state index in [2.05, 4.69) is 15.9 Å². The van der Waals surface area contributed by atoms with Crippen LogP contribution in [0.1, 0.15) is 0 Å². The monoisotopic (exact) mass is 300 g/mol. The topological polar surface area (TPSA) is 38.7 Å². The summed E-state index contributed by atoms with van der Waals surface area (Å²) in [5.41, 5.74) is 0. The second-order valence-electron chi connectivity index (χ2n) is 3.41. The molecule has 0 aromatic heterocycles. The first-order chi connectivity index (χ1) is 8.10. The minimum Gasteiger partial charge on any atom is -0.506 e. The Morgan fingerprint density at radius 1 is 1.24 bits per heavy atom. The molecule has 17 heavy (non-hydrogen) atoms. The van der Waals surface area contributed by atoms with Crippen LogP contribution in [0.25, 0.3) is 10.8 Å². The molecule has 0 aliphatic carbocycles. The van der Waals surface area contributed by atoms with Crippen molar-refractivity contribution in [1.29, 1.82) is 0 Å². The van der Waals surface area contributed by atoms with Crippen LogP contribution in [0.3, 0.4) is 0 Å². The van der Waals surface area contributed by atoms with Crippen molar-refractivity contribution in [3.05, 3.63) is 28.5 Å². The molecule has 0 saturated heterocycles. The van der Waals surface area contributed by atoms with Crippen molar-refractivity contribution < 1.29 is 19.0 Å². The van der Waals surface area contributed by atoms with Gasteiger partial charge in [-0.05, 0) is 28.1 Å². The van der Waals surface area contributed by atoms with Gasteiger partial charge in [0.25, 0.3) is 0 Å². The molecule has 90 valence electrons. The Labute approximate surface area is 106 Å². The molecule has 0 radical (unpaired) electrons. The van der Waals surface area contributed by atoms with Crippen LogP contribution in [-0.4, -0.2) is 19.3 Å². The Bertz CT molecular complexity index is 584. The highest BCUT2D eigenvalue weighted by Gasteiger charge is 2.17.